The maximum Gasteiger partial charge on any atom is 0.152 e. The summed E-state index contributed by atoms with van der Waals surface area (Å²) in [7, 11) is 0. The summed E-state index contributed by atoms with van der Waals surface area (Å²) in [6.07, 6.45) is 0.959. The lowest BCUT2D eigenvalue weighted by Crippen LogP contribution is -1.86. The first-order chi connectivity index (χ1) is 9.61. The number of fused-ring (bicyclic) bond motifs is 1. The van der Waals surface area contributed by atoms with Crippen molar-refractivity contribution in [1.29, 1.82) is 0 Å². The lowest BCUT2D eigenvalue weighted by Gasteiger charge is -2.01. The predicted molar refractivity (Wildman–Crippen MR) is 83.3 cm³/mol. The third-order valence-corrected chi connectivity index (χ3v) is 3.87. The molecular weight excluding hydrogens is 246 g/mol. The fourth-order valence-corrected chi connectivity index (χ4v) is 2.70. The van der Waals surface area contributed by atoms with Gasteiger partial charge in [0, 0.05) is 16.5 Å². The van der Waals surface area contributed by atoms with Gasteiger partial charge in [0.1, 0.15) is 0 Å². The summed E-state index contributed by atoms with van der Waals surface area (Å²) in [5, 5.41) is 1.04. The highest BCUT2D eigenvalue weighted by Crippen LogP contribution is 2.32. The van der Waals surface area contributed by atoms with E-state index in [0.717, 1.165) is 45.1 Å². The van der Waals surface area contributed by atoms with Gasteiger partial charge in [0.2, 0.25) is 0 Å². The van der Waals surface area contributed by atoms with Gasteiger partial charge >= 0.3 is 0 Å². The van der Waals surface area contributed by atoms with E-state index in [2.05, 4.69) is 55.2 Å². The molecule has 0 aliphatic heterocycles. The van der Waals surface area contributed by atoms with Crippen molar-refractivity contribution < 1.29 is 4.79 Å². The minimum Gasteiger partial charge on any atom is -0.354 e. The molecule has 0 spiro atoms. The second-order valence-corrected chi connectivity index (χ2v) is 5.35. The number of hydrogen-bond acceptors (Lipinski definition) is 1. The van der Waals surface area contributed by atoms with Gasteiger partial charge in [-0.1, -0.05) is 42.0 Å². The standard InChI is InChI=1S/C18H17NO/c1-11-4-8-14(9-5-11)18-15(10-20)16-12(2)6-7-13(3)17(16)19-18/h4-10,19H,1-3H3. The van der Waals surface area contributed by atoms with E-state index in [1.165, 1.54) is 5.56 Å². The number of carbonyl (C=O) groups is 1. The summed E-state index contributed by atoms with van der Waals surface area (Å²) < 4.78 is 0. The van der Waals surface area contributed by atoms with Crippen molar-refractivity contribution in [1.82, 2.24) is 4.98 Å². The highest BCUT2D eigenvalue weighted by molar-refractivity contribution is 6.06. The van der Waals surface area contributed by atoms with Crippen LogP contribution >= 0.6 is 0 Å². The van der Waals surface area contributed by atoms with Crippen LogP contribution in [-0.2, 0) is 0 Å². The number of aromatic nitrogens is 1. The maximum absolute atomic E-state index is 11.6. The van der Waals surface area contributed by atoms with E-state index >= 15 is 0 Å². The fourth-order valence-electron chi connectivity index (χ4n) is 2.70. The van der Waals surface area contributed by atoms with Crippen LogP contribution in [0.1, 0.15) is 27.0 Å². The molecule has 1 N–H and O–H groups in total. The van der Waals surface area contributed by atoms with Gasteiger partial charge in [-0.3, -0.25) is 4.79 Å². The van der Waals surface area contributed by atoms with Gasteiger partial charge in [-0.05, 0) is 37.5 Å². The lowest BCUT2D eigenvalue weighted by atomic mass is 10.0. The van der Waals surface area contributed by atoms with Crippen molar-refractivity contribution in [2.24, 2.45) is 0 Å². The number of hydrogen-bond donors (Lipinski definition) is 1. The lowest BCUT2D eigenvalue weighted by molar-refractivity contribution is 0.112. The first-order valence-corrected chi connectivity index (χ1v) is 6.76. The molecule has 3 aromatic rings. The molecule has 0 fully saturated rings. The summed E-state index contributed by atoms with van der Waals surface area (Å²) in [6.45, 7) is 6.16. The molecule has 1 aromatic heterocycles. The van der Waals surface area contributed by atoms with Crippen LogP contribution in [0.5, 0.6) is 0 Å². The van der Waals surface area contributed by atoms with Gasteiger partial charge in [0.05, 0.1) is 5.69 Å². The number of rotatable bonds is 2. The monoisotopic (exact) mass is 263 g/mol. The van der Waals surface area contributed by atoms with Crippen LogP contribution < -0.4 is 0 Å². The van der Waals surface area contributed by atoms with E-state index in [4.69, 9.17) is 0 Å². The molecule has 2 aromatic carbocycles. The van der Waals surface area contributed by atoms with E-state index in [9.17, 15) is 4.79 Å². The number of aldehydes is 1. The van der Waals surface area contributed by atoms with E-state index < -0.39 is 0 Å². The Labute approximate surface area is 118 Å². The summed E-state index contributed by atoms with van der Waals surface area (Å²) in [5.74, 6) is 0. The van der Waals surface area contributed by atoms with Gasteiger partial charge in [-0.2, -0.15) is 0 Å². The number of aryl methyl sites for hydroxylation is 3. The first kappa shape index (κ1) is 12.7. The van der Waals surface area contributed by atoms with Crippen molar-refractivity contribution in [3.05, 3.63) is 58.7 Å². The quantitative estimate of drug-likeness (QED) is 0.675. The molecular formula is C18H17NO. The Morgan fingerprint density at radius 3 is 2.20 bits per heavy atom. The highest BCUT2D eigenvalue weighted by atomic mass is 16.1. The van der Waals surface area contributed by atoms with E-state index in [0.29, 0.717) is 0 Å². The van der Waals surface area contributed by atoms with Gasteiger partial charge in [0.15, 0.2) is 6.29 Å². The zero-order valence-corrected chi connectivity index (χ0v) is 11.9. The zero-order valence-electron chi connectivity index (χ0n) is 11.9. The molecule has 20 heavy (non-hydrogen) atoms. The van der Waals surface area contributed by atoms with Gasteiger partial charge in [0.25, 0.3) is 0 Å². The Bertz CT molecular complexity index is 794. The number of carbonyl (C=O) groups excluding carboxylic acids is 1. The molecule has 0 aliphatic rings. The molecule has 100 valence electrons. The number of benzene rings is 2. The third kappa shape index (κ3) is 1.85. The van der Waals surface area contributed by atoms with Crippen LogP contribution in [0.25, 0.3) is 22.2 Å². The second kappa shape index (κ2) is 4.64. The van der Waals surface area contributed by atoms with Crippen LogP contribution in [0.15, 0.2) is 36.4 Å². The molecule has 0 radical (unpaired) electrons. The first-order valence-electron chi connectivity index (χ1n) is 6.76. The SMILES string of the molecule is Cc1ccc(-c2[nH]c3c(C)ccc(C)c3c2C=O)cc1. The van der Waals surface area contributed by atoms with Crippen LogP contribution in [-0.4, -0.2) is 11.3 Å². The highest BCUT2D eigenvalue weighted by Gasteiger charge is 2.15. The van der Waals surface area contributed by atoms with E-state index in [-0.39, 0.29) is 0 Å². The zero-order chi connectivity index (χ0) is 14.3. The Balaban J connectivity index is 2.36. The largest absolute Gasteiger partial charge is 0.354 e. The summed E-state index contributed by atoms with van der Waals surface area (Å²) >= 11 is 0. The molecule has 2 heteroatoms. The predicted octanol–water partition coefficient (Wildman–Crippen LogP) is 4.57. The topological polar surface area (TPSA) is 32.9 Å². The van der Waals surface area contributed by atoms with Crippen molar-refractivity contribution in [2.45, 2.75) is 20.8 Å². The number of H-pyrrole nitrogens is 1. The average Bonchev–Trinajstić information content (AvgIpc) is 2.84. The van der Waals surface area contributed by atoms with E-state index in [1.54, 1.807) is 0 Å². The molecule has 0 saturated heterocycles. The van der Waals surface area contributed by atoms with Crippen molar-refractivity contribution >= 4 is 17.2 Å². The molecule has 2 nitrogen and oxygen atoms in total. The normalized spacial score (nSPS) is 10.9. The molecule has 1 heterocycles. The van der Waals surface area contributed by atoms with Crippen LogP contribution in [0.4, 0.5) is 0 Å². The van der Waals surface area contributed by atoms with E-state index in [1.807, 2.05) is 6.92 Å². The van der Waals surface area contributed by atoms with Crippen LogP contribution in [0.3, 0.4) is 0 Å². The summed E-state index contributed by atoms with van der Waals surface area (Å²) in [4.78, 5) is 15.0. The summed E-state index contributed by atoms with van der Waals surface area (Å²) in [5.41, 5.74) is 7.27. The summed E-state index contributed by atoms with van der Waals surface area (Å²) in [6, 6.07) is 12.4. The number of aromatic amines is 1. The third-order valence-electron chi connectivity index (χ3n) is 3.87. The van der Waals surface area contributed by atoms with Crippen LogP contribution in [0.2, 0.25) is 0 Å². The molecule has 0 atom stereocenters. The molecule has 3 rings (SSSR count). The molecule has 0 aliphatic carbocycles. The number of nitrogens with one attached hydrogen (secondary N) is 1. The van der Waals surface area contributed by atoms with Crippen LogP contribution in [0, 0.1) is 20.8 Å². The second-order valence-electron chi connectivity index (χ2n) is 5.35. The molecule has 0 unspecified atom stereocenters. The van der Waals surface area contributed by atoms with Crippen molar-refractivity contribution in [3.8, 4) is 11.3 Å². The van der Waals surface area contributed by atoms with Gasteiger partial charge in [-0.25, -0.2) is 0 Å². The Morgan fingerprint density at radius 2 is 1.55 bits per heavy atom. The maximum atomic E-state index is 11.6. The molecule has 0 amide bonds. The van der Waals surface area contributed by atoms with Crippen molar-refractivity contribution in [3.63, 3.8) is 0 Å². The Morgan fingerprint density at radius 1 is 0.900 bits per heavy atom. The smallest absolute Gasteiger partial charge is 0.152 e. The minimum atomic E-state index is 0.755. The Kier molecular flexibility index (Phi) is 2.94. The fraction of sp³-hybridized carbons (Fsp3) is 0.167. The van der Waals surface area contributed by atoms with Gasteiger partial charge < -0.3 is 4.98 Å². The Hall–Kier alpha value is -2.35. The van der Waals surface area contributed by atoms with Gasteiger partial charge in [-0.15, -0.1) is 0 Å². The van der Waals surface area contributed by atoms with Crippen molar-refractivity contribution in [2.75, 3.05) is 0 Å². The molecule has 0 saturated carbocycles. The molecule has 0 bridgehead atoms. The minimum absolute atomic E-state index is 0.755. The average molecular weight is 263 g/mol.